The lowest BCUT2D eigenvalue weighted by atomic mass is 10.1. The molecule has 2 aliphatic rings. The number of nitrogens with zero attached hydrogens (tertiary/aromatic N) is 1. The number of carbonyl (C=O) groups excluding carboxylic acids is 1. The minimum atomic E-state index is -0.830. The van der Waals surface area contributed by atoms with Gasteiger partial charge in [0, 0.05) is 0 Å². The molecule has 0 saturated carbocycles. The summed E-state index contributed by atoms with van der Waals surface area (Å²) in [6, 6.07) is 0. The topological polar surface area (TPSA) is 140 Å². The molecule has 0 radical (unpaired) electrons. The summed E-state index contributed by atoms with van der Waals surface area (Å²) in [6.07, 6.45) is -2.40. The summed E-state index contributed by atoms with van der Waals surface area (Å²) in [5, 5.41) is 25.7. The molecule has 1 aromatic heterocycles. The van der Waals surface area contributed by atoms with Crippen molar-refractivity contribution in [2.24, 2.45) is 5.73 Å². The maximum atomic E-state index is 11.2. The summed E-state index contributed by atoms with van der Waals surface area (Å²) in [7, 11) is 0. The normalized spacial score (nSPS) is 34.0. The number of nitrogens with two attached hydrogens (primary N) is 1. The van der Waals surface area contributed by atoms with Crippen molar-refractivity contribution in [3.63, 3.8) is 0 Å². The second-order valence-corrected chi connectivity index (χ2v) is 5.54. The number of H-pyrrole nitrogens is 1. The lowest BCUT2D eigenvalue weighted by Gasteiger charge is -2.22. The van der Waals surface area contributed by atoms with Gasteiger partial charge in [0.2, 0.25) is 0 Å². The van der Waals surface area contributed by atoms with Crippen LogP contribution in [0.4, 0.5) is 0 Å². The van der Waals surface area contributed by atoms with E-state index in [1.165, 1.54) is 0 Å². The van der Waals surface area contributed by atoms with Crippen LogP contribution in [0.3, 0.4) is 0 Å². The first kappa shape index (κ1) is 14.3. The molecule has 0 spiro atoms. The lowest BCUT2D eigenvalue weighted by molar-refractivity contribution is -0.191. The highest BCUT2D eigenvalue weighted by Crippen LogP contribution is 2.46. The number of aromatic nitrogens is 2. The van der Waals surface area contributed by atoms with Crippen LogP contribution in [0.5, 0.6) is 5.75 Å². The Morgan fingerprint density at radius 1 is 1.43 bits per heavy atom. The Hall–Kier alpha value is -1.68. The van der Waals surface area contributed by atoms with E-state index in [0.29, 0.717) is 0 Å². The number of amides is 1. The SMILES string of the molecule is CC1(C)O[C@@H]2[C@H](O1)[C@@H](CO)O[C@H]2c1n[nH]c(C(N)=O)c1O. The van der Waals surface area contributed by atoms with Crippen LogP contribution in [0.25, 0.3) is 0 Å². The number of hydrogen-bond donors (Lipinski definition) is 4. The van der Waals surface area contributed by atoms with Gasteiger partial charge in [0.25, 0.3) is 5.91 Å². The van der Waals surface area contributed by atoms with Gasteiger partial charge in [-0.1, -0.05) is 0 Å². The number of nitrogens with one attached hydrogen (secondary N) is 1. The van der Waals surface area contributed by atoms with E-state index in [1.807, 2.05) is 0 Å². The van der Waals surface area contributed by atoms with E-state index in [1.54, 1.807) is 13.8 Å². The summed E-state index contributed by atoms with van der Waals surface area (Å²) in [5.74, 6) is -2.04. The number of rotatable bonds is 3. The maximum absolute atomic E-state index is 11.2. The lowest BCUT2D eigenvalue weighted by Crippen LogP contribution is -2.31. The van der Waals surface area contributed by atoms with Crippen LogP contribution in [-0.2, 0) is 14.2 Å². The predicted octanol–water partition coefficient (Wildman–Crippen LogP) is -0.834. The van der Waals surface area contributed by atoms with E-state index in [-0.39, 0.29) is 23.7 Å². The van der Waals surface area contributed by atoms with Crippen LogP contribution in [-0.4, -0.2) is 57.0 Å². The van der Waals surface area contributed by atoms with Gasteiger partial charge in [0.15, 0.2) is 17.2 Å². The molecular formula is C12H17N3O6. The summed E-state index contributed by atoms with van der Waals surface area (Å²) < 4.78 is 17.1. The van der Waals surface area contributed by atoms with E-state index in [9.17, 15) is 15.0 Å². The molecule has 0 aliphatic carbocycles. The molecule has 5 N–H and O–H groups in total. The molecule has 116 valence electrons. The second-order valence-electron chi connectivity index (χ2n) is 5.54. The number of aliphatic hydroxyl groups is 1. The average Bonchev–Trinajstić information content (AvgIpc) is 3.00. The van der Waals surface area contributed by atoms with Crippen LogP contribution in [0.15, 0.2) is 0 Å². The number of aromatic hydroxyl groups is 1. The van der Waals surface area contributed by atoms with Crippen molar-refractivity contribution in [3.8, 4) is 5.75 Å². The third kappa shape index (κ3) is 2.18. The first-order valence-electron chi connectivity index (χ1n) is 6.53. The highest BCUT2D eigenvalue weighted by Gasteiger charge is 2.56. The fourth-order valence-corrected chi connectivity index (χ4v) is 2.77. The molecule has 9 nitrogen and oxygen atoms in total. The van der Waals surface area contributed by atoms with Gasteiger partial charge in [-0.15, -0.1) is 0 Å². The molecule has 3 heterocycles. The Morgan fingerprint density at radius 3 is 2.67 bits per heavy atom. The van der Waals surface area contributed by atoms with E-state index in [4.69, 9.17) is 19.9 Å². The Morgan fingerprint density at radius 2 is 2.10 bits per heavy atom. The Labute approximate surface area is 120 Å². The van der Waals surface area contributed by atoms with Crippen molar-refractivity contribution in [3.05, 3.63) is 11.4 Å². The smallest absolute Gasteiger partial charge is 0.270 e. The van der Waals surface area contributed by atoms with Crippen molar-refractivity contribution >= 4 is 5.91 Å². The number of hydrogen-bond acceptors (Lipinski definition) is 7. The third-order valence-corrected chi connectivity index (χ3v) is 3.61. The average molecular weight is 299 g/mol. The quantitative estimate of drug-likeness (QED) is 0.570. The first-order valence-corrected chi connectivity index (χ1v) is 6.53. The maximum Gasteiger partial charge on any atom is 0.270 e. The van der Waals surface area contributed by atoms with Gasteiger partial charge < -0.3 is 30.2 Å². The minimum absolute atomic E-state index is 0.107. The number of aromatic amines is 1. The van der Waals surface area contributed by atoms with Gasteiger partial charge in [-0.2, -0.15) is 5.10 Å². The van der Waals surface area contributed by atoms with Gasteiger partial charge in [-0.25, -0.2) is 0 Å². The molecule has 21 heavy (non-hydrogen) atoms. The molecule has 2 fully saturated rings. The monoisotopic (exact) mass is 299 g/mol. The highest BCUT2D eigenvalue weighted by atomic mass is 16.8. The molecule has 1 aromatic rings. The van der Waals surface area contributed by atoms with Gasteiger partial charge in [-0.3, -0.25) is 9.89 Å². The van der Waals surface area contributed by atoms with Crippen LogP contribution < -0.4 is 5.73 Å². The highest BCUT2D eigenvalue weighted by molar-refractivity contribution is 5.93. The number of primary amides is 1. The zero-order valence-corrected chi connectivity index (χ0v) is 11.6. The Bertz CT molecular complexity index is 571. The Balaban J connectivity index is 1.94. The second kappa shape index (κ2) is 4.67. The predicted molar refractivity (Wildman–Crippen MR) is 67.3 cm³/mol. The van der Waals surface area contributed by atoms with Crippen molar-refractivity contribution in [1.82, 2.24) is 10.2 Å². The molecule has 0 aromatic carbocycles. The fraction of sp³-hybridized carbons (Fsp3) is 0.667. The van der Waals surface area contributed by atoms with Crippen molar-refractivity contribution in [1.29, 1.82) is 0 Å². The summed E-state index contributed by atoms with van der Waals surface area (Å²) in [6.45, 7) is 3.23. The number of ether oxygens (including phenoxy) is 3. The summed E-state index contributed by atoms with van der Waals surface area (Å²) >= 11 is 0. The molecule has 0 bridgehead atoms. The first-order chi connectivity index (χ1) is 9.84. The van der Waals surface area contributed by atoms with Gasteiger partial charge >= 0.3 is 0 Å². The fourth-order valence-electron chi connectivity index (χ4n) is 2.77. The molecule has 3 rings (SSSR count). The van der Waals surface area contributed by atoms with Crippen LogP contribution in [0.2, 0.25) is 0 Å². The van der Waals surface area contributed by atoms with Crippen LogP contribution >= 0.6 is 0 Å². The van der Waals surface area contributed by atoms with Gasteiger partial charge in [-0.05, 0) is 13.8 Å². The number of aliphatic hydroxyl groups excluding tert-OH is 1. The number of carbonyl (C=O) groups is 1. The number of fused-ring (bicyclic) bond motifs is 1. The van der Waals surface area contributed by atoms with Crippen LogP contribution in [0.1, 0.15) is 36.1 Å². The minimum Gasteiger partial charge on any atom is -0.504 e. The van der Waals surface area contributed by atoms with Crippen molar-refractivity contribution in [2.75, 3.05) is 6.61 Å². The van der Waals surface area contributed by atoms with Crippen LogP contribution in [0, 0.1) is 0 Å². The van der Waals surface area contributed by atoms with E-state index >= 15 is 0 Å². The standard InChI is InChI=1S/C12H17N3O6/c1-12(2)20-8-4(3-16)19-9(10(8)21-12)5-7(17)6(11(13)18)15-14-5/h4,8-10,16-17H,3H2,1-2H3,(H2,13,18)(H,14,15)/t4-,8-,9+,10-/m1/s1. The summed E-state index contributed by atoms with van der Waals surface area (Å²) in [4.78, 5) is 11.2. The van der Waals surface area contributed by atoms with Gasteiger partial charge in [0.05, 0.1) is 6.61 Å². The van der Waals surface area contributed by atoms with Crippen molar-refractivity contribution < 1.29 is 29.2 Å². The molecular weight excluding hydrogens is 282 g/mol. The molecule has 9 heteroatoms. The molecule has 2 aliphatic heterocycles. The molecule has 0 unspecified atom stereocenters. The van der Waals surface area contributed by atoms with E-state index in [0.717, 1.165) is 0 Å². The van der Waals surface area contributed by atoms with Crippen molar-refractivity contribution in [2.45, 2.75) is 44.1 Å². The van der Waals surface area contributed by atoms with E-state index in [2.05, 4.69) is 10.2 Å². The largest absolute Gasteiger partial charge is 0.504 e. The Kier molecular flexibility index (Phi) is 3.17. The zero-order valence-electron chi connectivity index (χ0n) is 11.6. The van der Waals surface area contributed by atoms with E-state index < -0.39 is 36.1 Å². The molecule has 1 amide bonds. The van der Waals surface area contributed by atoms with Gasteiger partial charge in [0.1, 0.15) is 30.1 Å². The third-order valence-electron chi connectivity index (χ3n) is 3.61. The summed E-state index contributed by atoms with van der Waals surface area (Å²) in [5.41, 5.74) is 5.03. The molecule has 2 saturated heterocycles. The molecule has 4 atom stereocenters. The zero-order chi connectivity index (χ0) is 15.4.